The molecule has 1 spiro atoms. The predicted octanol–water partition coefficient (Wildman–Crippen LogP) is 5.80. The summed E-state index contributed by atoms with van der Waals surface area (Å²) in [6.45, 7) is 3.87. The zero-order valence-corrected chi connectivity index (χ0v) is 22.6. The summed E-state index contributed by atoms with van der Waals surface area (Å²) in [7, 11) is 3.00. The van der Waals surface area contributed by atoms with Crippen LogP contribution in [0, 0.1) is 11.6 Å². The van der Waals surface area contributed by atoms with Crippen LogP contribution in [-0.2, 0) is 10.3 Å². The van der Waals surface area contributed by atoms with Gasteiger partial charge < -0.3 is 19.4 Å². The molecule has 6 rings (SSSR count). The molecule has 2 aliphatic rings. The van der Waals surface area contributed by atoms with E-state index in [1.807, 2.05) is 13.8 Å². The van der Waals surface area contributed by atoms with Crippen LogP contribution in [-0.4, -0.2) is 35.6 Å². The number of hydrogen-bond donors (Lipinski definition) is 1. The molecule has 204 valence electrons. The summed E-state index contributed by atoms with van der Waals surface area (Å²) in [6.07, 6.45) is 3.19. The monoisotopic (exact) mass is 564 g/mol. The van der Waals surface area contributed by atoms with E-state index in [2.05, 4.69) is 10.3 Å². The zero-order valence-electron chi connectivity index (χ0n) is 21.9. The van der Waals surface area contributed by atoms with Gasteiger partial charge in [-0.2, -0.15) is 0 Å². The molecule has 2 aromatic heterocycles. The van der Waals surface area contributed by atoms with E-state index in [-0.39, 0.29) is 17.2 Å². The van der Waals surface area contributed by atoms with Crippen LogP contribution in [0.25, 0.3) is 5.69 Å². The fraction of sp³-hybridized carbons (Fsp3) is 0.207. The summed E-state index contributed by atoms with van der Waals surface area (Å²) in [6, 6.07) is 9.64. The largest absolute Gasteiger partial charge is 0.494 e. The Morgan fingerprint density at radius 1 is 1.02 bits per heavy atom. The van der Waals surface area contributed by atoms with Crippen molar-refractivity contribution >= 4 is 34.8 Å². The Balaban J connectivity index is 1.71. The highest BCUT2D eigenvalue weighted by Gasteiger charge is 2.63. The van der Waals surface area contributed by atoms with Crippen LogP contribution in [0.3, 0.4) is 0 Å². The molecule has 2 aromatic carbocycles. The molecule has 4 heterocycles. The second-order valence-electron chi connectivity index (χ2n) is 9.82. The number of anilines is 2. The molecule has 0 aliphatic carbocycles. The third-order valence-corrected chi connectivity index (χ3v) is 7.58. The number of carbonyl (C=O) groups is 2. The first-order chi connectivity index (χ1) is 19.1. The molecule has 0 saturated carbocycles. The maximum absolute atomic E-state index is 14.5. The Kier molecular flexibility index (Phi) is 5.85. The number of methoxy groups -OCH3 is 2. The number of benzene rings is 2. The molecule has 2 amide bonds. The number of aromatic nitrogens is 2. The molecular weight excluding hydrogens is 542 g/mol. The van der Waals surface area contributed by atoms with Gasteiger partial charge in [0.15, 0.2) is 17.2 Å². The van der Waals surface area contributed by atoms with Gasteiger partial charge in [-0.1, -0.05) is 31.5 Å². The van der Waals surface area contributed by atoms with Crippen LogP contribution in [0.2, 0.25) is 5.02 Å². The van der Waals surface area contributed by atoms with Gasteiger partial charge in [0.25, 0.3) is 11.8 Å². The fourth-order valence-electron chi connectivity index (χ4n) is 5.76. The van der Waals surface area contributed by atoms with E-state index in [9.17, 15) is 18.4 Å². The molecule has 0 radical (unpaired) electrons. The van der Waals surface area contributed by atoms with E-state index in [1.165, 1.54) is 25.2 Å². The van der Waals surface area contributed by atoms with Crippen LogP contribution in [0.15, 0.2) is 54.9 Å². The number of carbonyl (C=O) groups excluding carboxylic acids is 2. The molecule has 8 nitrogen and oxygen atoms in total. The van der Waals surface area contributed by atoms with Crippen molar-refractivity contribution in [2.75, 3.05) is 24.4 Å². The first kappa shape index (κ1) is 25.8. The van der Waals surface area contributed by atoms with Crippen molar-refractivity contribution in [2.24, 2.45) is 0 Å². The van der Waals surface area contributed by atoms with Crippen LogP contribution < -0.4 is 19.7 Å². The topological polar surface area (TPSA) is 85.7 Å². The van der Waals surface area contributed by atoms with Gasteiger partial charge in [0.05, 0.1) is 26.0 Å². The van der Waals surface area contributed by atoms with E-state index in [4.69, 9.17) is 21.1 Å². The summed E-state index contributed by atoms with van der Waals surface area (Å²) < 4.78 is 41.1. The van der Waals surface area contributed by atoms with Crippen molar-refractivity contribution in [3.05, 3.63) is 93.9 Å². The maximum Gasteiger partial charge on any atom is 0.261 e. The van der Waals surface area contributed by atoms with Crippen molar-refractivity contribution in [1.82, 2.24) is 9.55 Å². The highest BCUT2D eigenvalue weighted by Crippen LogP contribution is 2.56. The fourth-order valence-corrected chi connectivity index (χ4v) is 5.93. The van der Waals surface area contributed by atoms with Gasteiger partial charge >= 0.3 is 0 Å². The summed E-state index contributed by atoms with van der Waals surface area (Å²) in [5.41, 5.74) is 0.986. The van der Waals surface area contributed by atoms with E-state index < -0.39 is 29.0 Å². The average Bonchev–Trinajstić information content (AvgIpc) is 3.53. The quantitative estimate of drug-likeness (QED) is 0.331. The normalized spacial score (nSPS) is 17.4. The second-order valence-corrected chi connectivity index (χ2v) is 10.3. The minimum atomic E-state index is -1.73. The molecular formula is C29H23ClF2N4O4. The molecule has 2 aliphatic heterocycles. The third-order valence-electron chi connectivity index (χ3n) is 7.34. The van der Waals surface area contributed by atoms with E-state index in [0.717, 1.165) is 12.1 Å². The number of hydrogen-bond acceptors (Lipinski definition) is 5. The number of ether oxygens (including phenoxy) is 2. The standard InChI is InChI=1S/C29H23ClF2N4O4/c1-14(2)26-25-17(13-35(26)22-12-33-24(40-4)11-23(22)39-3)27(37)36(16-6-8-19(31)20(32)10-16)29(25)18-7-5-15(30)9-21(18)34-28(29)38/h5-14H,1-4H3,(H,34,38). The van der Waals surface area contributed by atoms with Crippen molar-refractivity contribution < 1.29 is 27.8 Å². The highest BCUT2D eigenvalue weighted by molar-refractivity contribution is 6.31. The smallest absolute Gasteiger partial charge is 0.261 e. The molecule has 0 bridgehead atoms. The van der Waals surface area contributed by atoms with Gasteiger partial charge in [-0.15, -0.1) is 0 Å². The highest BCUT2D eigenvalue weighted by atomic mass is 35.5. The molecule has 1 atom stereocenters. The number of rotatable bonds is 5. The van der Waals surface area contributed by atoms with Crippen LogP contribution in [0.5, 0.6) is 11.6 Å². The maximum atomic E-state index is 14.5. The minimum Gasteiger partial charge on any atom is -0.494 e. The Bertz CT molecular complexity index is 1740. The lowest BCUT2D eigenvalue weighted by Gasteiger charge is -2.36. The lowest BCUT2D eigenvalue weighted by Crippen LogP contribution is -2.50. The van der Waals surface area contributed by atoms with E-state index in [1.54, 1.807) is 41.2 Å². The van der Waals surface area contributed by atoms with Gasteiger partial charge in [-0.3, -0.25) is 14.5 Å². The molecule has 40 heavy (non-hydrogen) atoms. The number of nitrogens with zero attached hydrogens (tertiary/aromatic N) is 3. The SMILES string of the molecule is COc1cc(OC)c(-n2cc3c(c2C(C)C)C2(C(=O)Nc4cc(Cl)ccc42)N(c2ccc(F)c(F)c2)C3=O)cn1. The number of nitrogens with one attached hydrogen (secondary N) is 1. The third kappa shape index (κ3) is 3.38. The molecule has 11 heteroatoms. The van der Waals surface area contributed by atoms with Gasteiger partial charge in [-0.05, 0) is 30.2 Å². The average molecular weight is 565 g/mol. The zero-order chi connectivity index (χ0) is 28.5. The van der Waals surface area contributed by atoms with Gasteiger partial charge in [0.1, 0.15) is 11.4 Å². The number of fused-ring (bicyclic) bond motifs is 4. The lowest BCUT2D eigenvalue weighted by molar-refractivity contribution is -0.119. The summed E-state index contributed by atoms with van der Waals surface area (Å²) in [5, 5.41) is 3.25. The van der Waals surface area contributed by atoms with E-state index >= 15 is 0 Å². The Morgan fingerprint density at radius 3 is 2.48 bits per heavy atom. The van der Waals surface area contributed by atoms with Crippen LogP contribution >= 0.6 is 11.6 Å². The number of amides is 2. The summed E-state index contributed by atoms with van der Waals surface area (Å²) >= 11 is 6.25. The Morgan fingerprint density at radius 2 is 1.80 bits per heavy atom. The van der Waals surface area contributed by atoms with Crippen molar-refractivity contribution in [3.8, 4) is 17.3 Å². The van der Waals surface area contributed by atoms with Crippen LogP contribution in [0.4, 0.5) is 20.2 Å². The Labute approximate surface area is 233 Å². The first-order valence-corrected chi connectivity index (χ1v) is 12.8. The Hall–Kier alpha value is -4.44. The molecule has 1 unspecified atom stereocenters. The van der Waals surface area contributed by atoms with Crippen molar-refractivity contribution in [3.63, 3.8) is 0 Å². The van der Waals surface area contributed by atoms with E-state index in [0.29, 0.717) is 44.8 Å². The number of halogens is 3. The lowest BCUT2D eigenvalue weighted by atomic mass is 9.81. The summed E-state index contributed by atoms with van der Waals surface area (Å²) in [4.78, 5) is 34.0. The van der Waals surface area contributed by atoms with Gasteiger partial charge in [0.2, 0.25) is 5.88 Å². The van der Waals surface area contributed by atoms with Crippen molar-refractivity contribution in [1.29, 1.82) is 0 Å². The minimum absolute atomic E-state index is 0.0306. The van der Waals surface area contributed by atoms with Crippen LogP contribution in [0.1, 0.15) is 46.9 Å². The second kappa shape index (κ2) is 9.06. The van der Waals surface area contributed by atoms with Gasteiger partial charge in [0, 0.05) is 51.5 Å². The number of pyridine rings is 1. The molecule has 0 fully saturated rings. The van der Waals surface area contributed by atoms with Crippen molar-refractivity contribution in [2.45, 2.75) is 25.3 Å². The van der Waals surface area contributed by atoms with Gasteiger partial charge in [-0.25, -0.2) is 13.8 Å². The molecule has 4 aromatic rings. The predicted molar refractivity (Wildman–Crippen MR) is 145 cm³/mol. The summed E-state index contributed by atoms with van der Waals surface area (Å²) in [5.74, 6) is -2.74. The molecule has 0 saturated heterocycles. The first-order valence-electron chi connectivity index (χ1n) is 12.4. The molecule has 1 N–H and O–H groups in total.